The van der Waals surface area contributed by atoms with Crippen molar-refractivity contribution < 1.29 is 4.42 Å². The highest BCUT2D eigenvalue weighted by atomic mass is 16.3. The minimum atomic E-state index is 0.602. The first-order valence-electron chi connectivity index (χ1n) is 13.3. The van der Waals surface area contributed by atoms with Gasteiger partial charge in [0.15, 0.2) is 23.1 Å². The summed E-state index contributed by atoms with van der Waals surface area (Å²) in [5.74, 6) is 1.85. The lowest BCUT2D eigenvalue weighted by Crippen LogP contribution is -2.00. The van der Waals surface area contributed by atoms with Crippen LogP contribution in [-0.4, -0.2) is 24.9 Å². The quantitative estimate of drug-likeness (QED) is 0.229. The molecule has 0 aliphatic carbocycles. The summed E-state index contributed by atoms with van der Waals surface area (Å²) in [5.41, 5.74) is 5.92. The van der Waals surface area contributed by atoms with Crippen molar-refractivity contribution in [2.24, 2.45) is 0 Å². The lowest BCUT2D eigenvalue weighted by molar-refractivity contribution is 0.667. The van der Waals surface area contributed by atoms with E-state index in [1.807, 2.05) is 103 Å². The van der Waals surface area contributed by atoms with E-state index in [4.69, 9.17) is 29.3 Å². The Morgan fingerprint density at radius 3 is 1.88 bits per heavy atom. The molecule has 0 aliphatic rings. The van der Waals surface area contributed by atoms with Gasteiger partial charge >= 0.3 is 0 Å². The molecule has 8 aromatic rings. The number of hydrogen-bond donors (Lipinski definition) is 0. The Hall–Kier alpha value is -5.75. The van der Waals surface area contributed by atoms with Crippen LogP contribution in [0.5, 0.6) is 0 Å². The molecule has 6 heteroatoms. The van der Waals surface area contributed by atoms with Crippen LogP contribution in [0.15, 0.2) is 132 Å². The SMILES string of the molecule is c1ccc(-c2nc(-c3ccccc3)nc(-c3cccc4c(-c5cc6c(cn5)oc5ccccc56)nccc34)n2)cc1. The smallest absolute Gasteiger partial charge is 0.164 e. The van der Waals surface area contributed by atoms with E-state index >= 15 is 0 Å². The molecule has 0 saturated heterocycles. The highest BCUT2D eigenvalue weighted by Crippen LogP contribution is 2.35. The van der Waals surface area contributed by atoms with Crippen molar-refractivity contribution in [1.29, 1.82) is 0 Å². The summed E-state index contributed by atoms with van der Waals surface area (Å²) in [6, 6.07) is 38.2. The minimum Gasteiger partial charge on any atom is -0.454 e. The highest BCUT2D eigenvalue weighted by Gasteiger charge is 2.17. The number of benzene rings is 4. The van der Waals surface area contributed by atoms with Crippen molar-refractivity contribution in [3.8, 4) is 45.6 Å². The van der Waals surface area contributed by atoms with Crippen molar-refractivity contribution in [2.75, 3.05) is 0 Å². The van der Waals surface area contributed by atoms with Gasteiger partial charge in [0, 0.05) is 39.0 Å². The van der Waals surface area contributed by atoms with Gasteiger partial charge in [-0.05, 0) is 23.6 Å². The maximum absolute atomic E-state index is 6.00. The van der Waals surface area contributed by atoms with E-state index < -0.39 is 0 Å². The number of pyridine rings is 2. The first-order chi connectivity index (χ1) is 20.3. The molecule has 4 heterocycles. The Morgan fingerprint density at radius 2 is 1.12 bits per heavy atom. The molecule has 6 nitrogen and oxygen atoms in total. The third-order valence-corrected chi connectivity index (χ3v) is 7.25. The summed E-state index contributed by atoms with van der Waals surface area (Å²) in [4.78, 5) is 24.2. The molecule has 0 amide bonds. The van der Waals surface area contributed by atoms with Crippen LogP contribution in [0.1, 0.15) is 0 Å². The van der Waals surface area contributed by atoms with E-state index in [9.17, 15) is 0 Å². The van der Waals surface area contributed by atoms with Gasteiger partial charge in [-0.2, -0.15) is 0 Å². The van der Waals surface area contributed by atoms with Crippen LogP contribution in [-0.2, 0) is 0 Å². The van der Waals surface area contributed by atoms with Crippen molar-refractivity contribution >= 4 is 32.7 Å². The average Bonchev–Trinajstić information content (AvgIpc) is 3.43. The van der Waals surface area contributed by atoms with E-state index in [2.05, 4.69) is 18.2 Å². The van der Waals surface area contributed by atoms with Gasteiger partial charge in [0.1, 0.15) is 5.58 Å². The predicted octanol–water partition coefficient (Wildman–Crippen LogP) is 8.38. The van der Waals surface area contributed by atoms with Gasteiger partial charge in [-0.15, -0.1) is 0 Å². The lowest BCUT2D eigenvalue weighted by Gasteiger charge is -2.11. The monoisotopic (exact) mass is 527 g/mol. The van der Waals surface area contributed by atoms with E-state index in [0.29, 0.717) is 17.5 Å². The lowest BCUT2D eigenvalue weighted by atomic mass is 10.0. The number of aromatic nitrogens is 5. The summed E-state index contributed by atoms with van der Waals surface area (Å²) >= 11 is 0. The number of nitrogens with zero attached hydrogens (tertiary/aromatic N) is 5. The molecule has 0 bridgehead atoms. The van der Waals surface area contributed by atoms with Crippen LogP contribution in [0.25, 0.3) is 78.3 Å². The molecule has 0 radical (unpaired) electrons. The van der Waals surface area contributed by atoms with Gasteiger partial charge in [-0.1, -0.05) is 97.1 Å². The molecular formula is C35H21N5O. The van der Waals surface area contributed by atoms with Crippen LogP contribution in [0, 0.1) is 0 Å². The summed E-state index contributed by atoms with van der Waals surface area (Å²) in [7, 11) is 0. The molecule has 0 unspecified atom stereocenters. The molecule has 0 saturated carbocycles. The zero-order chi connectivity index (χ0) is 27.2. The van der Waals surface area contributed by atoms with E-state index in [0.717, 1.165) is 60.8 Å². The van der Waals surface area contributed by atoms with Gasteiger partial charge in [0.05, 0.1) is 17.6 Å². The van der Waals surface area contributed by atoms with Crippen molar-refractivity contribution in [3.63, 3.8) is 0 Å². The molecule has 41 heavy (non-hydrogen) atoms. The molecule has 0 N–H and O–H groups in total. The Bertz CT molecular complexity index is 2150. The zero-order valence-electron chi connectivity index (χ0n) is 21.8. The molecule has 0 aliphatic heterocycles. The highest BCUT2D eigenvalue weighted by molar-refractivity contribution is 6.07. The third-order valence-electron chi connectivity index (χ3n) is 7.25. The number of hydrogen-bond acceptors (Lipinski definition) is 6. The van der Waals surface area contributed by atoms with Gasteiger partial charge in [0.25, 0.3) is 0 Å². The molecular weight excluding hydrogens is 506 g/mol. The van der Waals surface area contributed by atoms with Gasteiger partial charge in [0.2, 0.25) is 0 Å². The maximum Gasteiger partial charge on any atom is 0.164 e. The number of rotatable bonds is 4. The summed E-state index contributed by atoms with van der Waals surface area (Å²) in [6.07, 6.45) is 3.59. The predicted molar refractivity (Wildman–Crippen MR) is 162 cm³/mol. The topological polar surface area (TPSA) is 77.6 Å². The maximum atomic E-state index is 6.00. The van der Waals surface area contributed by atoms with Crippen LogP contribution in [0.2, 0.25) is 0 Å². The number of fused-ring (bicyclic) bond motifs is 4. The van der Waals surface area contributed by atoms with E-state index in [1.165, 1.54) is 0 Å². The standard InChI is InChI=1S/C35H21N5O/c1-3-10-22(11-4-1)33-38-34(23-12-5-2-6-13-23)40-35(39-33)27-16-9-15-26-24(27)18-19-36-32(26)29-20-28-25-14-7-8-17-30(25)41-31(28)21-37-29/h1-21H. The Morgan fingerprint density at radius 1 is 0.463 bits per heavy atom. The fourth-order valence-corrected chi connectivity index (χ4v) is 5.30. The average molecular weight is 528 g/mol. The second-order valence-corrected chi connectivity index (χ2v) is 9.76. The minimum absolute atomic E-state index is 0.602. The molecule has 4 aromatic heterocycles. The first kappa shape index (κ1) is 23.2. The van der Waals surface area contributed by atoms with Crippen molar-refractivity contribution in [1.82, 2.24) is 24.9 Å². The normalized spacial score (nSPS) is 11.4. The molecule has 192 valence electrons. The number of para-hydroxylation sites is 1. The van der Waals surface area contributed by atoms with E-state index in [-0.39, 0.29) is 0 Å². The first-order valence-corrected chi connectivity index (χ1v) is 13.3. The van der Waals surface area contributed by atoms with Crippen LogP contribution in [0.4, 0.5) is 0 Å². The largest absolute Gasteiger partial charge is 0.454 e. The molecule has 0 fully saturated rings. The zero-order valence-corrected chi connectivity index (χ0v) is 21.8. The van der Waals surface area contributed by atoms with Gasteiger partial charge in [-0.25, -0.2) is 15.0 Å². The molecule has 8 rings (SSSR count). The van der Waals surface area contributed by atoms with Crippen LogP contribution >= 0.6 is 0 Å². The molecule has 4 aromatic carbocycles. The van der Waals surface area contributed by atoms with Crippen molar-refractivity contribution in [2.45, 2.75) is 0 Å². The Balaban J connectivity index is 1.33. The van der Waals surface area contributed by atoms with Gasteiger partial charge in [-0.3, -0.25) is 9.97 Å². The Labute approximate surface area is 235 Å². The van der Waals surface area contributed by atoms with Crippen LogP contribution < -0.4 is 0 Å². The fraction of sp³-hybridized carbons (Fsp3) is 0. The number of furan rings is 1. The molecule has 0 atom stereocenters. The summed E-state index contributed by atoms with van der Waals surface area (Å²) < 4.78 is 6.00. The summed E-state index contributed by atoms with van der Waals surface area (Å²) in [6.45, 7) is 0. The second-order valence-electron chi connectivity index (χ2n) is 9.76. The fourth-order valence-electron chi connectivity index (χ4n) is 5.30. The second kappa shape index (κ2) is 9.47. The third kappa shape index (κ3) is 4.01. The van der Waals surface area contributed by atoms with Crippen molar-refractivity contribution in [3.05, 3.63) is 128 Å². The molecule has 0 spiro atoms. The van der Waals surface area contributed by atoms with E-state index in [1.54, 1.807) is 6.20 Å². The van der Waals surface area contributed by atoms with Gasteiger partial charge < -0.3 is 4.42 Å². The summed E-state index contributed by atoms with van der Waals surface area (Å²) in [5, 5.41) is 4.02. The van der Waals surface area contributed by atoms with Crippen LogP contribution in [0.3, 0.4) is 0 Å². The Kier molecular flexibility index (Phi) is 5.35.